The molecule has 1 heterocycles. The summed E-state index contributed by atoms with van der Waals surface area (Å²) < 4.78 is 41.4. The number of rotatable bonds is 7. The molecule has 0 bridgehead atoms. The summed E-state index contributed by atoms with van der Waals surface area (Å²) in [5, 5.41) is 5.74. The lowest BCUT2D eigenvalue weighted by Crippen LogP contribution is -2.45. The van der Waals surface area contributed by atoms with Crippen LogP contribution in [0.3, 0.4) is 0 Å². The number of nitrogens with zero attached hydrogens (tertiary/aromatic N) is 2. The van der Waals surface area contributed by atoms with Crippen molar-refractivity contribution in [1.29, 1.82) is 0 Å². The minimum Gasteiger partial charge on any atom is -0.325 e. The fraction of sp³-hybridized carbons (Fsp3) is 0.333. The third-order valence-corrected chi connectivity index (χ3v) is 8.45. The van der Waals surface area contributed by atoms with Crippen molar-refractivity contribution in [2.75, 3.05) is 11.9 Å². The second-order valence-corrected chi connectivity index (χ2v) is 11.1. The van der Waals surface area contributed by atoms with Gasteiger partial charge < -0.3 is 5.32 Å². The van der Waals surface area contributed by atoms with Gasteiger partial charge in [-0.25, -0.2) is 17.8 Å². The van der Waals surface area contributed by atoms with Crippen LogP contribution in [0.4, 0.5) is 10.1 Å². The van der Waals surface area contributed by atoms with Crippen molar-refractivity contribution in [2.24, 2.45) is 0 Å². The van der Waals surface area contributed by atoms with Crippen LogP contribution in [0.15, 0.2) is 58.8 Å². The highest BCUT2D eigenvalue weighted by atomic mass is 32.2. The van der Waals surface area contributed by atoms with E-state index in [0.29, 0.717) is 18.5 Å². The zero-order valence-electron chi connectivity index (χ0n) is 18.3. The Hall–Kier alpha value is -2.62. The van der Waals surface area contributed by atoms with Crippen LogP contribution >= 0.6 is 11.3 Å². The van der Waals surface area contributed by atoms with Gasteiger partial charge in [0.05, 0.1) is 22.1 Å². The van der Waals surface area contributed by atoms with E-state index >= 15 is 0 Å². The summed E-state index contributed by atoms with van der Waals surface area (Å²) in [5.74, 6) is -0.927. The lowest BCUT2D eigenvalue weighted by molar-refractivity contribution is -0.116. The average molecular weight is 488 g/mol. The molecule has 3 aromatic rings. The van der Waals surface area contributed by atoms with Gasteiger partial charge in [0.1, 0.15) is 5.82 Å². The number of carbonyl (C=O) groups is 1. The zero-order valence-corrected chi connectivity index (χ0v) is 20.0. The topological polar surface area (TPSA) is 79.4 Å². The van der Waals surface area contributed by atoms with Crippen molar-refractivity contribution in [3.05, 3.63) is 64.7 Å². The van der Waals surface area contributed by atoms with Gasteiger partial charge in [0.2, 0.25) is 15.9 Å². The van der Waals surface area contributed by atoms with Crippen LogP contribution in [0, 0.1) is 12.7 Å². The first kappa shape index (κ1) is 23.5. The van der Waals surface area contributed by atoms with E-state index < -0.39 is 21.7 Å². The minimum atomic E-state index is -3.96. The molecule has 1 aliphatic rings. The highest BCUT2D eigenvalue weighted by molar-refractivity contribution is 7.89. The van der Waals surface area contributed by atoms with E-state index in [2.05, 4.69) is 10.3 Å². The van der Waals surface area contributed by atoms with Gasteiger partial charge in [0.25, 0.3) is 0 Å². The number of amides is 1. The Morgan fingerprint density at radius 1 is 1.15 bits per heavy atom. The Morgan fingerprint density at radius 3 is 2.55 bits per heavy atom. The van der Waals surface area contributed by atoms with Crippen molar-refractivity contribution in [3.8, 4) is 11.3 Å². The monoisotopic (exact) mass is 487 g/mol. The van der Waals surface area contributed by atoms with Gasteiger partial charge in [-0.1, -0.05) is 31.4 Å². The van der Waals surface area contributed by atoms with Gasteiger partial charge in [-0.05, 0) is 56.2 Å². The van der Waals surface area contributed by atoms with Crippen LogP contribution in [0.1, 0.15) is 37.1 Å². The molecule has 0 spiro atoms. The molecule has 4 rings (SSSR count). The second-order valence-electron chi connectivity index (χ2n) is 8.18. The number of nitrogens with one attached hydrogen (secondary N) is 1. The third-order valence-electron chi connectivity index (χ3n) is 5.76. The van der Waals surface area contributed by atoms with E-state index in [4.69, 9.17) is 0 Å². The normalized spacial score (nSPS) is 15.0. The van der Waals surface area contributed by atoms with Crippen LogP contribution in [0.5, 0.6) is 0 Å². The number of anilines is 1. The highest BCUT2D eigenvalue weighted by Gasteiger charge is 2.34. The molecule has 0 saturated heterocycles. The molecule has 1 fully saturated rings. The fourth-order valence-corrected chi connectivity index (χ4v) is 6.38. The Labute approximate surface area is 197 Å². The summed E-state index contributed by atoms with van der Waals surface area (Å²) in [4.78, 5) is 17.4. The predicted molar refractivity (Wildman–Crippen MR) is 128 cm³/mol. The molecule has 6 nitrogen and oxygen atoms in total. The number of halogens is 1. The van der Waals surface area contributed by atoms with E-state index in [9.17, 15) is 17.6 Å². The molecule has 9 heteroatoms. The van der Waals surface area contributed by atoms with Crippen molar-refractivity contribution in [3.63, 3.8) is 0 Å². The Bertz CT molecular complexity index is 1220. The summed E-state index contributed by atoms with van der Waals surface area (Å²) in [5.41, 5.74) is 2.28. The molecule has 174 valence electrons. The van der Waals surface area contributed by atoms with E-state index in [1.165, 1.54) is 16.4 Å². The van der Waals surface area contributed by atoms with E-state index in [-0.39, 0.29) is 17.5 Å². The van der Waals surface area contributed by atoms with Crippen molar-refractivity contribution in [2.45, 2.75) is 50.0 Å². The molecule has 1 saturated carbocycles. The van der Waals surface area contributed by atoms with Crippen LogP contribution in [-0.2, 0) is 14.8 Å². The first-order valence-corrected chi connectivity index (χ1v) is 13.2. The number of benzene rings is 2. The summed E-state index contributed by atoms with van der Waals surface area (Å²) in [7, 11) is -3.96. The van der Waals surface area contributed by atoms with Crippen molar-refractivity contribution >= 4 is 33.0 Å². The summed E-state index contributed by atoms with van der Waals surface area (Å²) in [6.45, 7) is 1.63. The zero-order chi connectivity index (χ0) is 23.4. The smallest absolute Gasteiger partial charge is 0.243 e. The molecule has 1 N–H and O–H groups in total. The number of aromatic nitrogens is 1. The number of thiazole rings is 1. The maximum atomic E-state index is 13.4. The Balaban J connectivity index is 1.55. The number of carbonyl (C=O) groups excluding carboxylic acids is 1. The second kappa shape index (κ2) is 10.1. The van der Waals surface area contributed by atoms with Crippen LogP contribution in [0.25, 0.3) is 11.3 Å². The molecule has 0 aliphatic heterocycles. The highest BCUT2D eigenvalue weighted by Crippen LogP contribution is 2.28. The summed E-state index contributed by atoms with van der Waals surface area (Å²) >= 11 is 1.55. The van der Waals surface area contributed by atoms with Gasteiger partial charge in [0.15, 0.2) is 0 Å². The van der Waals surface area contributed by atoms with E-state index in [1.807, 2.05) is 30.5 Å². The molecule has 0 radical (unpaired) electrons. The first-order chi connectivity index (χ1) is 15.8. The van der Waals surface area contributed by atoms with Gasteiger partial charge in [0, 0.05) is 22.7 Å². The van der Waals surface area contributed by atoms with Crippen LogP contribution < -0.4 is 5.32 Å². The molecular formula is C24H26FN3O3S2. The summed E-state index contributed by atoms with van der Waals surface area (Å²) in [6, 6.07) is 11.8. The average Bonchev–Trinajstić information content (AvgIpc) is 3.25. The lowest BCUT2D eigenvalue weighted by Gasteiger charge is -2.33. The maximum absolute atomic E-state index is 13.4. The van der Waals surface area contributed by atoms with Crippen LogP contribution in [0.2, 0.25) is 0 Å². The number of hydrogen-bond acceptors (Lipinski definition) is 5. The van der Waals surface area contributed by atoms with Gasteiger partial charge in [-0.3, -0.25) is 4.79 Å². The van der Waals surface area contributed by atoms with Crippen molar-refractivity contribution < 1.29 is 17.6 Å². The molecule has 1 amide bonds. The minimum absolute atomic E-state index is 0.0110. The molecule has 2 aromatic carbocycles. The predicted octanol–water partition coefficient (Wildman–Crippen LogP) is 5.22. The Morgan fingerprint density at radius 2 is 1.88 bits per heavy atom. The maximum Gasteiger partial charge on any atom is 0.243 e. The van der Waals surface area contributed by atoms with Gasteiger partial charge in [-0.2, -0.15) is 4.31 Å². The lowest BCUT2D eigenvalue weighted by atomic mass is 9.95. The number of sulfonamides is 1. The van der Waals surface area contributed by atoms with Crippen LogP contribution in [-0.4, -0.2) is 36.2 Å². The first-order valence-electron chi connectivity index (χ1n) is 10.9. The van der Waals surface area contributed by atoms with Gasteiger partial charge >= 0.3 is 0 Å². The molecule has 1 aromatic heterocycles. The molecule has 0 unspecified atom stereocenters. The quantitative estimate of drug-likeness (QED) is 0.496. The van der Waals surface area contributed by atoms with E-state index in [1.54, 1.807) is 17.4 Å². The summed E-state index contributed by atoms with van der Waals surface area (Å²) in [6.07, 6.45) is 4.28. The SMILES string of the molecule is Cc1nc(-c2cccc(NC(=O)CN(C3CCCCC3)S(=O)(=O)c3ccc(F)cc3)c2)cs1. The Kier molecular flexibility index (Phi) is 7.21. The van der Waals surface area contributed by atoms with Gasteiger partial charge in [-0.15, -0.1) is 11.3 Å². The molecule has 0 atom stereocenters. The standard InChI is InChI=1S/C24H26FN3O3S2/c1-17-26-23(16-32-17)18-6-5-7-20(14-18)27-24(29)15-28(21-8-3-2-4-9-21)33(30,31)22-12-10-19(25)11-13-22/h5-7,10-14,16,21H,2-4,8-9,15H2,1H3,(H,27,29). The largest absolute Gasteiger partial charge is 0.325 e. The fourth-order valence-electron chi connectivity index (χ4n) is 4.12. The molecule has 33 heavy (non-hydrogen) atoms. The molecular weight excluding hydrogens is 461 g/mol. The third kappa shape index (κ3) is 5.66. The van der Waals surface area contributed by atoms with E-state index in [0.717, 1.165) is 47.7 Å². The molecule has 1 aliphatic carbocycles. The van der Waals surface area contributed by atoms with Crippen molar-refractivity contribution in [1.82, 2.24) is 9.29 Å². The number of aryl methyl sites for hydroxylation is 1. The number of hydrogen-bond donors (Lipinski definition) is 1.